The van der Waals surface area contributed by atoms with E-state index >= 15 is 0 Å². The number of methoxy groups -OCH3 is 1. The number of rotatable bonds is 10. The van der Waals surface area contributed by atoms with Crippen molar-refractivity contribution in [1.82, 2.24) is 15.3 Å². The molecule has 1 unspecified atom stereocenters. The molecule has 9 heteroatoms. The molecule has 1 fully saturated rings. The second-order valence-corrected chi connectivity index (χ2v) is 9.32. The zero-order valence-electron chi connectivity index (χ0n) is 23.6. The van der Waals surface area contributed by atoms with Gasteiger partial charge in [-0.25, -0.2) is 9.37 Å². The first-order valence-electron chi connectivity index (χ1n) is 13.4. The third-order valence-electron chi connectivity index (χ3n) is 6.98. The molecule has 2 N–H and O–H groups in total. The standard InChI is InChI=1S/C29H29FN4O4.C2H6/c1-18-12-21(36-3)13-23-22(25(30)16-33-27(18)23)6-8-29-14-24(29)19(17-38-29)7-9-32-15-20-4-5-26(37-11-10-35)28(31-2)34-20;1-2/h4-5,10,12-13,16,32H,6,8,11,14-15,17H2,1-3H3,(H,31,34);1-2H3. The molecule has 2 aliphatic rings. The average molecular weight is 547 g/mol. The number of pyridine rings is 2. The maximum absolute atomic E-state index is 14.8. The van der Waals surface area contributed by atoms with Crippen molar-refractivity contribution in [2.45, 2.75) is 52.2 Å². The molecule has 2 aromatic heterocycles. The van der Waals surface area contributed by atoms with Crippen molar-refractivity contribution in [3.05, 3.63) is 64.2 Å². The molecule has 0 bridgehead atoms. The van der Waals surface area contributed by atoms with Gasteiger partial charge >= 0.3 is 0 Å². The summed E-state index contributed by atoms with van der Waals surface area (Å²) in [4.78, 5) is 19.3. The monoisotopic (exact) mass is 546 g/mol. The van der Waals surface area contributed by atoms with Gasteiger partial charge < -0.3 is 24.8 Å². The lowest BCUT2D eigenvalue weighted by Crippen LogP contribution is -2.13. The highest BCUT2D eigenvalue weighted by Crippen LogP contribution is 2.55. The van der Waals surface area contributed by atoms with Gasteiger partial charge in [-0.1, -0.05) is 13.8 Å². The topological polar surface area (TPSA) is 94.6 Å². The minimum absolute atomic E-state index is 0.0249. The molecule has 40 heavy (non-hydrogen) atoms. The van der Waals surface area contributed by atoms with E-state index in [-0.39, 0.29) is 18.0 Å². The molecule has 0 radical (unpaired) electrons. The molecule has 5 rings (SSSR count). The Bertz CT molecular complexity index is 1490. The second-order valence-electron chi connectivity index (χ2n) is 9.32. The fourth-order valence-corrected chi connectivity index (χ4v) is 4.92. The van der Waals surface area contributed by atoms with Crippen LogP contribution in [-0.4, -0.2) is 49.2 Å². The minimum atomic E-state index is -0.347. The summed E-state index contributed by atoms with van der Waals surface area (Å²) >= 11 is 0. The van der Waals surface area contributed by atoms with Crippen LogP contribution in [0.25, 0.3) is 10.9 Å². The van der Waals surface area contributed by atoms with Gasteiger partial charge in [0.25, 0.3) is 0 Å². The average Bonchev–Trinajstić information content (AvgIpc) is 3.60. The number of carbonyl (C=O) groups excluding carboxylic acids is 1. The van der Waals surface area contributed by atoms with Gasteiger partial charge in [-0.05, 0) is 66.7 Å². The van der Waals surface area contributed by atoms with Gasteiger partial charge in [-0.2, -0.15) is 0 Å². The number of carbonyl (C=O) groups is 1. The fourth-order valence-electron chi connectivity index (χ4n) is 4.92. The Labute approximate surface area is 234 Å². The lowest BCUT2D eigenvalue weighted by atomic mass is 9.99. The number of nitrogens with one attached hydrogen (secondary N) is 2. The van der Waals surface area contributed by atoms with E-state index in [1.807, 2.05) is 39.0 Å². The number of fused-ring (bicyclic) bond motifs is 2. The quantitative estimate of drug-likeness (QED) is 0.211. The van der Waals surface area contributed by atoms with Crippen LogP contribution in [0, 0.1) is 24.7 Å². The van der Waals surface area contributed by atoms with Crippen LogP contribution in [0.1, 0.15) is 43.5 Å². The predicted molar refractivity (Wildman–Crippen MR) is 153 cm³/mol. The van der Waals surface area contributed by atoms with E-state index in [9.17, 15) is 9.18 Å². The maximum atomic E-state index is 14.8. The van der Waals surface area contributed by atoms with Crippen LogP contribution in [0.15, 0.2) is 41.6 Å². The molecule has 3 aromatic rings. The molecule has 3 heterocycles. The molecule has 0 amide bonds. The van der Waals surface area contributed by atoms with E-state index < -0.39 is 0 Å². The number of ether oxygens (including phenoxy) is 3. The number of anilines is 1. The van der Waals surface area contributed by atoms with Crippen molar-refractivity contribution in [3.63, 3.8) is 0 Å². The van der Waals surface area contributed by atoms with Gasteiger partial charge in [-0.3, -0.25) is 9.78 Å². The SMILES string of the molecule is CC.CNc1nc(CNC#CC2=C3CC3(CCc3c(F)cnc4c(C)cc(OC)cc34)OC2)ccc1OCC=O. The number of hydrogen-bond donors (Lipinski definition) is 2. The van der Waals surface area contributed by atoms with Crippen molar-refractivity contribution < 1.29 is 23.4 Å². The summed E-state index contributed by atoms with van der Waals surface area (Å²) in [5, 5.41) is 6.84. The summed E-state index contributed by atoms with van der Waals surface area (Å²) in [5.41, 5.74) is 4.99. The molecule has 1 aliphatic heterocycles. The van der Waals surface area contributed by atoms with Crippen LogP contribution in [-0.2, 0) is 22.5 Å². The van der Waals surface area contributed by atoms with Gasteiger partial charge in [0.15, 0.2) is 17.9 Å². The van der Waals surface area contributed by atoms with Crippen LogP contribution in [0.4, 0.5) is 10.2 Å². The van der Waals surface area contributed by atoms with Crippen molar-refractivity contribution >= 4 is 23.0 Å². The molecule has 8 nitrogen and oxygen atoms in total. The van der Waals surface area contributed by atoms with Gasteiger partial charge in [0.05, 0.1) is 43.3 Å². The summed E-state index contributed by atoms with van der Waals surface area (Å²) in [6.45, 7) is 6.83. The first-order chi connectivity index (χ1) is 19.5. The van der Waals surface area contributed by atoms with E-state index in [0.717, 1.165) is 34.2 Å². The Kier molecular flexibility index (Phi) is 9.22. The van der Waals surface area contributed by atoms with Crippen LogP contribution in [0.5, 0.6) is 11.5 Å². The Hall–Kier alpha value is -4.16. The largest absolute Gasteiger partial charge is 0.497 e. The number of benzene rings is 1. The minimum Gasteiger partial charge on any atom is -0.497 e. The maximum Gasteiger partial charge on any atom is 0.168 e. The Morgan fingerprint density at radius 2 is 2.10 bits per heavy atom. The summed E-state index contributed by atoms with van der Waals surface area (Å²) in [5.74, 6) is 4.64. The third kappa shape index (κ3) is 6.02. The van der Waals surface area contributed by atoms with E-state index in [1.165, 1.54) is 11.8 Å². The molecular formula is C31H35FN4O4. The zero-order valence-corrected chi connectivity index (χ0v) is 23.6. The number of aldehydes is 1. The molecule has 1 aromatic carbocycles. The molecular weight excluding hydrogens is 511 g/mol. The number of aryl methyl sites for hydroxylation is 2. The highest BCUT2D eigenvalue weighted by atomic mass is 19.1. The van der Waals surface area contributed by atoms with Gasteiger partial charge in [-0.15, -0.1) is 0 Å². The first-order valence-corrected chi connectivity index (χ1v) is 13.4. The summed E-state index contributed by atoms with van der Waals surface area (Å²) in [7, 11) is 3.35. The third-order valence-corrected chi connectivity index (χ3v) is 6.98. The number of hydrogen-bond acceptors (Lipinski definition) is 8. The normalized spacial score (nSPS) is 16.8. The van der Waals surface area contributed by atoms with Crippen molar-refractivity contribution in [2.75, 3.05) is 32.7 Å². The molecule has 0 spiro atoms. The summed E-state index contributed by atoms with van der Waals surface area (Å²) < 4.78 is 31.7. The predicted octanol–water partition coefficient (Wildman–Crippen LogP) is 4.88. The first kappa shape index (κ1) is 28.8. The molecule has 1 atom stereocenters. The van der Waals surface area contributed by atoms with Crippen LogP contribution < -0.4 is 20.1 Å². The Morgan fingerprint density at radius 3 is 2.83 bits per heavy atom. The van der Waals surface area contributed by atoms with Crippen molar-refractivity contribution in [1.29, 1.82) is 0 Å². The van der Waals surface area contributed by atoms with Crippen LogP contribution >= 0.6 is 0 Å². The number of aromatic nitrogens is 2. The van der Waals surface area contributed by atoms with Gasteiger partial charge in [0.1, 0.15) is 18.2 Å². The summed E-state index contributed by atoms with van der Waals surface area (Å²) in [6, 6.07) is 10.4. The van der Waals surface area contributed by atoms with E-state index in [1.54, 1.807) is 20.2 Å². The number of halogens is 1. The highest BCUT2D eigenvalue weighted by Gasteiger charge is 2.55. The highest BCUT2D eigenvalue weighted by molar-refractivity contribution is 5.86. The molecule has 0 saturated heterocycles. The summed E-state index contributed by atoms with van der Waals surface area (Å²) in [6.07, 6.45) is 4.03. The molecule has 210 valence electrons. The fraction of sp³-hybridized carbons (Fsp3) is 0.387. The molecule has 1 aliphatic carbocycles. The van der Waals surface area contributed by atoms with E-state index in [0.29, 0.717) is 55.2 Å². The van der Waals surface area contributed by atoms with Crippen molar-refractivity contribution in [3.8, 4) is 23.5 Å². The number of nitrogens with zero attached hydrogens (tertiary/aromatic N) is 2. The van der Waals surface area contributed by atoms with Gasteiger partial charge in [0, 0.05) is 30.5 Å². The van der Waals surface area contributed by atoms with E-state index in [4.69, 9.17) is 14.2 Å². The second kappa shape index (κ2) is 12.8. The van der Waals surface area contributed by atoms with E-state index in [2.05, 4.69) is 32.6 Å². The lowest BCUT2D eigenvalue weighted by molar-refractivity contribution is -0.109. The Balaban J connectivity index is 0.00000181. The zero-order chi connectivity index (χ0) is 28.7. The molecule has 1 saturated carbocycles. The van der Waals surface area contributed by atoms with Crippen molar-refractivity contribution in [2.24, 2.45) is 0 Å². The van der Waals surface area contributed by atoms with Gasteiger partial charge in [0.2, 0.25) is 0 Å². The smallest absolute Gasteiger partial charge is 0.168 e. The van der Waals surface area contributed by atoms with Crippen LogP contribution in [0.2, 0.25) is 0 Å². The Morgan fingerprint density at radius 1 is 1.27 bits per heavy atom. The lowest BCUT2D eigenvalue weighted by Gasteiger charge is -2.15. The van der Waals surface area contributed by atoms with Crippen LogP contribution in [0.3, 0.4) is 0 Å².